The average Bonchev–Trinajstić information content (AvgIpc) is 2.91. The summed E-state index contributed by atoms with van der Waals surface area (Å²) in [6, 6.07) is 16.8. The van der Waals surface area contributed by atoms with Gasteiger partial charge in [0.1, 0.15) is 11.4 Å². The smallest absolute Gasteiger partial charge is 0.307 e. The van der Waals surface area contributed by atoms with E-state index in [2.05, 4.69) is 10.2 Å². The molecule has 2 aromatic carbocycles. The molecule has 0 aliphatic rings. The molecule has 1 amide bonds. The zero-order chi connectivity index (χ0) is 29.4. The number of rotatable bonds is 11. The maximum Gasteiger partial charge on any atom is 0.307 e. The predicted octanol–water partition coefficient (Wildman–Crippen LogP) is 6.42. The standard InChI is InChI=1S/C32H40ClN3O4/c1-21-11-8-9-12-23(21)24-14-16-26(31(38)35-28(32(2,3)4)20-29(37)39-7)34-30(24)22-13-15-25(33)27(19-22)40-18-10-17-36(5)6/h8-9,11-16,19,28H,10,17-18,20H2,1-7H3,(H,35,38)/t28-/m0/s1. The largest absolute Gasteiger partial charge is 0.492 e. The van der Waals surface area contributed by atoms with Crippen molar-refractivity contribution in [2.45, 2.75) is 46.6 Å². The molecule has 7 nitrogen and oxygen atoms in total. The van der Waals surface area contributed by atoms with Crippen molar-refractivity contribution in [3.63, 3.8) is 0 Å². The second-order valence-electron chi connectivity index (χ2n) is 11.2. The van der Waals surface area contributed by atoms with Crippen LogP contribution in [-0.4, -0.2) is 62.2 Å². The lowest BCUT2D eigenvalue weighted by atomic mass is 9.84. The molecule has 1 N–H and O–H groups in total. The monoisotopic (exact) mass is 565 g/mol. The molecular weight excluding hydrogens is 526 g/mol. The second kappa shape index (κ2) is 13.8. The van der Waals surface area contributed by atoms with Crippen molar-refractivity contribution in [1.29, 1.82) is 0 Å². The van der Waals surface area contributed by atoms with Crippen LogP contribution < -0.4 is 10.1 Å². The zero-order valence-electron chi connectivity index (χ0n) is 24.5. The van der Waals surface area contributed by atoms with Gasteiger partial charge in [-0.3, -0.25) is 9.59 Å². The molecule has 40 heavy (non-hydrogen) atoms. The molecule has 214 valence electrons. The van der Waals surface area contributed by atoms with E-state index in [1.165, 1.54) is 7.11 Å². The van der Waals surface area contributed by atoms with Crippen LogP contribution in [0, 0.1) is 12.3 Å². The number of ether oxygens (including phenoxy) is 2. The van der Waals surface area contributed by atoms with E-state index in [-0.39, 0.29) is 29.4 Å². The zero-order valence-corrected chi connectivity index (χ0v) is 25.3. The van der Waals surface area contributed by atoms with Crippen molar-refractivity contribution in [2.75, 3.05) is 34.4 Å². The molecule has 0 saturated carbocycles. The number of nitrogens with zero attached hydrogens (tertiary/aromatic N) is 2. The summed E-state index contributed by atoms with van der Waals surface area (Å²) in [5.41, 5.74) is 4.27. The van der Waals surface area contributed by atoms with Crippen molar-refractivity contribution in [3.05, 3.63) is 70.9 Å². The van der Waals surface area contributed by atoms with Crippen LogP contribution in [0.15, 0.2) is 54.6 Å². The van der Waals surface area contributed by atoms with Gasteiger partial charge in [-0.25, -0.2) is 4.98 Å². The van der Waals surface area contributed by atoms with Crippen LogP contribution in [0.2, 0.25) is 5.02 Å². The third-order valence-corrected chi connectivity index (χ3v) is 7.04. The highest BCUT2D eigenvalue weighted by atomic mass is 35.5. The van der Waals surface area contributed by atoms with E-state index >= 15 is 0 Å². The van der Waals surface area contributed by atoms with Gasteiger partial charge in [0.25, 0.3) is 5.91 Å². The summed E-state index contributed by atoms with van der Waals surface area (Å²) in [6.07, 6.45) is 0.919. The van der Waals surface area contributed by atoms with Crippen LogP contribution >= 0.6 is 11.6 Å². The number of carbonyl (C=O) groups excluding carboxylic acids is 2. The number of aryl methyl sites for hydroxylation is 1. The van der Waals surface area contributed by atoms with E-state index < -0.39 is 6.04 Å². The molecule has 3 aromatic rings. The number of methoxy groups -OCH3 is 1. The molecule has 0 spiro atoms. The minimum Gasteiger partial charge on any atom is -0.492 e. The van der Waals surface area contributed by atoms with E-state index in [0.717, 1.165) is 35.2 Å². The topological polar surface area (TPSA) is 80.8 Å². The number of benzene rings is 2. The molecule has 0 aliphatic heterocycles. The Morgan fingerprint density at radius 2 is 1.77 bits per heavy atom. The van der Waals surface area contributed by atoms with Gasteiger partial charge >= 0.3 is 5.97 Å². The van der Waals surface area contributed by atoms with Crippen molar-refractivity contribution < 1.29 is 19.1 Å². The first-order valence-corrected chi connectivity index (χ1v) is 13.8. The molecule has 0 radical (unpaired) electrons. The SMILES string of the molecule is COC(=O)C[C@H](NC(=O)c1ccc(-c2ccccc2C)c(-c2ccc(Cl)c(OCCCN(C)C)c2)n1)C(C)(C)C. The number of pyridine rings is 1. The Kier molecular flexibility index (Phi) is 10.7. The molecule has 0 bridgehead atoms. The fourth-order valence-electron chi connectivity index (χ4n) is 4.28. The van der Waals surface area contributed by atoms with Crippen LogP contribution in [0.5, 0.6) is 5.75 Å². The maximum atomic E-state index is 13.4. The van der Waals surface area contributed by atoms with Crippen LogP contribution in [0.1, 0.15) is 49.7 Å². The minimum absolute atomic E-state index is 0.0611. The fourth-order valence-corrected chi connectivity index (χ4v) is 4.45. The average molecular weight is 566 g/mol. The fraction of sp³-hybridized carbons (Fsp3) is 0.406. The summed E-state index contributed by atoms with van der Waals surface area (Å²) in [5.74, 6) is -0.185. The lowest BCUT2D eigenvalue weighted by molar-refractivity contribution is -0.141. The quantitative estimate of drug-likeness (QED) is 0.213. The number of halogens is 1. The Morgan fingerprint density at radius 1 is 1.05 bits per heavy atom. The Hall–Kier alpha value is -3.42. The Morgan fingerprint density at radius 3 is 2.42 bits per heavy atom. The molecule has 1 aromatic heterocycles. The van der Waals surface area contributed by atoms with Crippen LogP contribution in [0.25, 0.3) is 22.4 Å². The molecule has 1 atom stereocenters. The number of hydrogen-bond donors (Lipinski definition) is 1. The van der Waals surface area contributed by atoms with Crippen molar-refractivity contribution in [3.8, 4) is 28.1 Å². The highest BCUT2D eigenvalue weighted by molar-refractivity contribution is 6.32. The number of esters is 1. The Labute approximate surface area is 242 Å². The molecular formula is C32H40ClN3O4. The molecule has 3 rings (SSSR count). The molecule has 0 aliphatic carbocycles. The van der Waals surface area contributed by atoms with Gasteiger partial charge in [-0.15, -0.1) is 0 Å². The summed E-state index contributed by atoms with van der Waals surface area (Å²) in [6.45, 7) is 9.37. The van der Waals surface area contributed by atoms with Gasteiger partial charge in [0.15, 0.2) is 0 Å². The predicted molar refractivity (Wildman–Crippen MR) is 161 cm³/mol. The number of aromatic nitrogens is 1. The number of nitrogens with one attached hydrogen (secondary N) is 1. The minimum atomic E-state index is -0.438. The lowest BCUT2D eigenvalue weighted by Crippen LogP contribution is -2.45. The van der Waals surface area contributed by atoms with Gasteiger partial charge in [-0.05, 0) is 68.2 Å². The van der Waals surface area contributed by atoms with Crippen LogP contribution in [-0.2, 0) is 9.53 Å². The van der Waals surface area contributed by atoms with Crippen molar-refractivity contribution in [1.82, 2.24) is 15.2 Å². The van der Waals surface area contributed by atoms with Crippen LogP contribution in [0.3, 0.4) is 0 Å². The highest BCUT2D eigenvalue weighted by Gasteiger charge is 2.30. The van der Waals surface area contributed by atoms with Crippen LogP contribution in [0.4, 0.5) is 0 Å². The lowest BCUT2D eigenvalue weighted by Gasteiger charge is -2.30. The van der Waals surface area contributed by atoms with Gasteiger partial charge < -0.3 is 19.7 Å². The van der Waals surface area contributed by atoms with E-state index in [9.17, 15) is 9.59 Å². The van der Waals surface area contributed by atoms with Crippen molar-refractivity contribution in [2.24, 2.45) is 5.41 Å². The summed E-state index contributed by atoms with van der Waals surface area (Å²) in [4.78, 5) is 32.4. The normalized spacial score (nSPS) is 12.2. The first-order valence-electron chi connectivity index (χ1n) is 13.4. The van der Waals surface area contributed by atoms with Gasteiger partial charge in [-0.2, -0.15) is 0 Å². The third-order valence-electron chi connectivity index (χ3n) is 6.72. The third kappa shape index (κ3) is 8.29. The first kappa shape index (κ1) is 31.1. The second-order valence-corrected chi connectivity index (χ2v) is 11.6. The van der Waals surface area contributed by atoms with Gasteiger partial charge in [-0.1, -0.05) is 62.7 Å². The molecule has 1 heterocycles. The highest BCUT2D eigenvalue weighted by Crippen LogP contribution is 2.36. The number of amides is 1. The maximum absolute atomic E-state index is 13.4. The van der Waals surface area contributed by atoms with Gasteiger partial charge in [0, 0.05) is 23.7 Å². The van der Waals surface area contributed by atoms with E-state index in [4.69, 9.17) is 26.1 Å². The summed E-state index contributed by atoms with van der Waals surface area (Å²) < 4.78 is 10.9. The molecule has 0 saturated heterocycles. The summed E-state index contributed by atoms with van der Waals surface area (Å²) >= 11 is 6.48. The summed E-state index contributed by atoms with van der Waals surface area (Å²) in [7, 11) is 5.39. The number of carbonyl (C=O) groups is 2. The first-order chi connectivity index (χ1) is 18.9. The van der Waals surface area contributed by atoms with E-state index in [1.807, 2.05) is 84.3 Å². The van der Waals surface area contributed by atoms with Gasteiger partial charge in [0.2, 0.25) is 0 Å². The Balaban J connectivity index is 2.03. The summed E-state index contributed by atoms with van der Waals surface area (Å²) in [5, 5.41) is 3.51. The van der Waals surface area contributed by atoms with E-state index in [0.29, 0.717) is 23.1 Å². The van der Waals surface area contributed by atoms with Crippen molar-refractivity contribution >= 4 is 23.5 Å². The number of hydrogen-bond acceptors (Lipinski definition) is 6. The molecule has 0 fully saturated rings. The van der Waals surface area contributed by atoms with E-state index in [1.54, 1.807) is 12.1 Å². The molecule has 8 heteroatoms. The van der Waals surface area contributed by atoms with Gasteiger partial charge in [0.05, 0.1) is 30.9 Å². The molecule has 0 unspecified atom stereocenters. The Bertz CT molecular complexity index is 1330.